The fraction of sp³-hybridized carbons (Fsp3) is 0.222. The number of esters is 1. The minimum atomic E-state index is -4.81. The maximum absolute atomic E-state index is 12.3. The summed E-state index contributed by atoms with van der Waals surface area (Å²) in [5, 5.41) is 2.58. The quantitative estimate of drug-likeness (QED) is 0.716. The summed E-state index contributed by atoms with van der Waals surface area (Å²) in [6.45, 7) is 1.31. The summed E-state index contributed by atoms with van der Waals surface area (Å²) >= 11 is 6.01. The lowest BCUT2D eigenvalue weighted by molar-refractivity contribution is -0.274. The van der Waals surface area contributed by atoms with Crippen LogP contribution in [-0.2, 0) is 9.53 Å². The van der Waals surface area contributed by atoms with Gasteiger partial charge in [-0.25, -0.2) is 4.79 Å². The summed E-state index contributed by atoms with van der Waals surface area (Å²) in [5.41, 5.74) is 0.256. The SMILES string of the molecule is CC(OC(=O)c1cc(Cl)c2c(c1)OCO2)C(=O)Nc1ccc(OC(F)(F)F)cc1. The van der Waals surface area contributed by atoms with E-state index in [0.29, 0.717) is 5.75 Å². The Morgan fingerprint density at radius 3 is 2.52 bits per heavy atom. The van der Waals surface area contributed by atoms with Gasteiger partial charge in [0.05, 0.1) is 10.6 Å². The van der Waals surface area contributed by atoms with E-state index in [1.165, 1.54) is 31.2 Å². The van der Waals surface area contributed by atoms with Crippen molar-refractivity contribution in [3.8, 4) is 17.2 Å². The van der Waals surface area contributed by atoms with E-state index in [2.05, 4.69) is 10.1 Å². The molecule has 3 rings (SSSR count). The van der Waals surface area contributed by atoms with Gasteiger partial charge in [-0.15, -0.1) is 13.2 Å². The lowest BCUT2D eigenvalue weighted by atomic mass is 10.2. The van der Waals surface area contributed by atoms with Crippen LogP contribution in [0.2, 0.25) is 5.02 Å². The molecule has 0 radical (unpaired) electrons. The molecule has 0 saturated heterocycles. The minimum absolute atomic E-state index is 0.0286. The third-order valence-corrected chi connectivity index (χ3v) is 3.95. The lowest BCUT2D eigenvalue weighted by Gasteiger charge is -2.14. The molecule has 0 fully saturated rings. The van der Waals surface area contributed by atoms with Crippen molar-refractivity contribution in [1.82, 2.24) is 0 Å². The molecule has 1 atom stereocenters. The number of halogens is 4. The summed E-state index contributed by atoms with van der Waals surface area (Å²) in [5.74, 6) is -1.35. The Bertz CT molecular complexity index is 932. The monoisotopic (exact) mass is 431 g/mol. The average Bonchev–Trinajstić information content (AvgIpc) is 3.11. The molecule has 1 unspecified atom stereocenters. The molecule has 2 aromatic rings. The van der Waals surface area contributed by atoms with Crippen LogP contribution < -0.4 is 19.5 Å². The number of nitrogens with one attached hydrogen (secondary N) is 1. The highest BCUT2D eigenvalue weighted by molar-refractivity contribution is 6.32. The summed E-state index contributed by atoms with van der Waals surface area (Å²) in [6, 6.07) is 7.20. The first kappa shape index (κ1) is 20.6. The van der Waals surface area contributed by atoms with Crippen LogP contribution in [0.4, 0.5) is 18.9 Å². The number of hydrogen-bond donors (Lipinski definition) is 1. The van der Waals surface area contributed by atoms with Gasteiger partial charge >= 0.3 is 12.3 Å². The van der Waals surface area contributed by atoms with Gasteiger partial charge in [-0.3, -0.25) is 4.79 Å². The number of carbonyl (C=O) groups is 2. The third kappa shape index (κ3) is 5.23. The predicted octanol–water partition coefficient (Wildman–Crippen LogP) is 4.15. The summed E-state index contributed by atoms with van der Waals surface area (Å²) < 4.78 is 55.6. The molecule has 1 heterocycles. The number of ether oxygens (including phenoxy) is 4. The number of amides is 1. The fourth-order valence-electron chi connectivity index (χ4n) is 2.35. The number of benzene rings is 2. The van der Waals surface area contributed by atoms with Crippen LogP contribution in [0.5, 0.6) is 17.2 Å². The first-order valence-electron chi connectivity index (χ1n) is 8.09. The second-order valence-electron chi connectivity index (χ2n) is 5.80. The standard InChI is InChI=1S/C18H13ClF3NO6/c1-9(16(24)23-11-2-4-12(5-3-11)29-18(20,21)22)28-17(25)10-6-13(19)15-14(7-10)26-8-27-15/h2-7,9H,8H2,1H3,(H,23,24). The fourth-order valence-corrected chi connectivity index (χ4v) is 2.62. The smallest absolute Gasteiger partial charge is 0.454 e. The van der Waals surface area contributed by atoms with Gasteiger partial charge in [-0.1, -0.05) is 11.6 Å². The third-order valence-electron chi connectivity index (χ3n) is 3.67. The van der Waals surface area contributed by atoms with Gasteiger partial charge in [0.2, 0.25) is 6.79 Å². The summed E-state index contributed by atoms with van der Waals surface area (Å²) in [4.78, 5) is 24.4. The van der Waals surface area contributed by atoms with Crippen LogP contribution >= 0.6 is 11.6 Å². The highest BCUT2D eigenvalue weighted by Gasteiger charge is 2.31. The number of rotatable bonds is 5. The van der Waals surface area contributed by atoms with E-state index in [1.54, 1.807) is 0 Å². The molecule has 1 aliphatic heterocycles. The maximum Gasteiger partial charge on any atom is 0.573 e. The Morgan fingerprint density at radius 2 is 1.86 bits per heavy atom. The molecule has 0 aliphatic carbocycles. The first-order chi connectivity index (χ1) is 13.6. The zero-order chi connectivity index (χ0) is 21.2. The summed E-state index contributed by atoms with van der Waals surface area (Å²) in [7, 11) is 0. The topological polar surface area (TPSA) is 83.1 Å². The Hall–Kier alpha value is -3.14. The van der Waals surface area contributed by atoms with Crippen LogP contribution in [0.15, 0.2) is 36.4 Å². The molecule has 0 saturated carbocycles. The molecule has 1 amide bonds. The predicted molar refractivity (Wildman–Crippen MR) is 94.2 cm³/mol. The molecule has 0 aromatic heterocycles. The molecule has 0 bridgehead atoms. The van der Waals surface area contributed by atoms with E-state index < -0.39 is 30.1 Å². The van der Waals surface area contributed by atoms with E-state index in [-0.39, 0.29) is 28.8 Å². The number of carbonyl (C=O) groups excluding carboxylic acids is 2. The number of hydrogen-bond acceptors (Lipinski definition) is 6. The second-order valence-corrected chi connectivity index (χ2v) is 6.21. The molecule has 7 nitrogen and oxygen atoms in total. The molecule has 2 aromatic carbocycles. The molecule has 1 N–H and O–H groups in total. The van der Waals surface area contributed by atoms with Crippen LogP contribution in [0.3, 0.4) is 0 Å². The lowest BCUT2D eigenvalue weighted by Crippen LogP contribution is -2.30. The van der Waals surface area contributed by atoms with Crippen LogP contribution in [-0.4, -0.2) is 31.1 Å². The van der Waals surface area contributed by atoms with Crippen molar-refractivity contribution in [2.75, 3.05) is 12.1 Å². The Morgan fingerprint density at radius 1 is 1.17 bits per heavy atom. The summed E-state index contributed by atoms with van der Waals surface area (Å²) in [6.07, 6.45) is -6.01. The normalized spacial score (nSPS) is 13.6. The van der Waals surface area contributed by atoms with Crippen molar-refractivity contribution in [1.29, 1.82) is 0 Å². The van der Waals surface area contributed by atoms with E-state index >= 15 is 0 Å². The number of anilines is 1. The van der Waals surface area contributed by atoms with Crippen molar-refractivity contribution in [3.63, 3.8) is 0 Å². The van der Waals surface area contributed by atoms with Gasteiger partial charge in [-0.2, -0.15) is 0 Å². The van der Waals surface area contributed by atoms with Crippen molar-refractivity contribution in [2.45, 2.75) is 19.4 Å². The molecule has 154 valence electrons. The molecular weight excluding hydrogens is 419 g/mol. The highest BCUT2D eigenvalue weighted by Crippen LogP contribution is 2.40. The van der Waals surface area contributed by atoms with Gasteiger partial charge in [0.15, 0.2) is 17.6 Å². The largest absolute Gasteiger partial charge is 0.573 e. The molecular formula is C18H13ClF3NO6. The second kappa shape index (κ2) is 8.08. The molecule has 0 spiro atoms. The van der Waals surface area contributed by atoms with Crippen LogP contribution in [0.1, 0.15) is 17.3 Å². The number of alkyl halides is 3. The van der Waals surface area contributed by atoms with Gasteiger partial charge in [0, 0.05) is 5.69 Å². The van der Waals surface area contributed by atoms with Crippen molar-refractivity contribution in [3.05, 3.63) is 47.0 Å². The zero-order valence-corrected chi connectivity index (χ0v) is 15.5. The maximum atomic E-state index is 12.3. The van der Waals surface area contributed by atoms with Gasteiger partial charge < -0.3 is 24.3 Å². The molecule has 1 aliphatic rings. The van der Waals surface area contributed by atoms with Crippen molar-refractivity contribution in [2.24, 2.45) is 0 Å². The molecule has 29 heavy (non-hydrogen) atoms. The van der Waals surface area contributed by atoms with E-state index in [0.717, 1.165) is 12.1 Å². The van der Waals surface area contributed by atoms with Crippen LogP contribution in [0, 0.1) is 0 Å². The van der Waals surface area contributed by atoms with E-state index in [9.17, 15) is 22.8 Å². The minimum Gasteiger partial charge on any atom is -0.454 e. The van der Waals surface area contributed by atoms with Crippen LogP contribution in [0.25, 0.3) is 0 Å². The Kier molecular flexibility index (Phi) is 5.73. The van der Waals surface area contributed by atoms with Gasteiger partial charge in [0.25, 0.3) is 5.91 Å². The number of fused-ring (bicyclic) bond motifs is 1. The van der Waals surface area contributed by atoms with Crippen molar-refractivity contribution >= 4 is 29.2 Å². The van der Waals surface area contributed by atoms with Gasteiger partial charge in [-0.05, 0) is 43.3 Å². The highest BCUT2D eigenvalue weighted by atomic mass is 35.5. The zero-order valence-electron chi connectivity index (χ0n) is 14.7. The first-order valence-corrected chi connectivity index (χ1v) is 8.47. The van der Waals surface area contributed by atoms with Gasteiger partial charge in [0.1, 0.15) is 5.75 Å². The molecule has 11 heteroatoms. The Balaban J connectivity index is 1.59. The van der Waals surface area contributed by atoms with E-state index in [4.69, 9.17) is 25.8 Å². The average molecular weight is 432 g/mol. The Labute approximate surface area is 167 Å². The van der Waals surface area contributed by atoms with Crippen molar-refractivity contribution < 1.29 is 41.7 Å². The van der Waals surface area contributed by atoms with E-state index in [1.807, 2.05) is 0 Å².